The Morgan fingerprint density at radius 1 is 1.35 bits per heavy atom. The van der Waals surface area contributed by atoms with E-state index < -0.39 is 21.9 Å². The predicted molar refractivity (Wildman–Crippen MR) is 98.5 cm³/mol. The molecule has 26 heavy (non-hydrogen) atoms. The van der Waals surface area contributed by atoms with Crippen molar-refractivity contribution in [2.45, 2.75) is 17.9 Å². The van der Waals surface area contributed by atoms with Crippen LogP contribution >= 0.6 is 11.8 Å². The van der Waals surface area contributed by atoms with Gasteiger partial charge in [-0.1, -0.05) is 36.9 Å². The maximum atomic E-state index is 13.5. The Labute approximate surface area is 156 Å². The summed E-state index contributed by atoms with van der Waals surface area (Å²) in [6, 6.07) is 7.51. The van der Waals surface area contributed by atoms with Crippen LogP contribution in [-0.4, -0.2) is 35.1 Å². The molecule has 0 fully saturated rings. The number of nitrogens with zero attached hydrogens (tertiary/aromatic N) is 2. The highest BCUT2D eigenvalue weighted by atomic mass is 32.2. The molecule has 0 N–H and O–H groups in total. The standard InChI is InChI=1S/C18H17FN2O3S2/c1-2-25-18(22)16-8-10-21(17(16)13-5-4-9-20-12-13)26(23,24)15-7-3-6-14(19)11-15/h3-9,11-12,17H,2,10H2,1H3/t17-/m0/s1. The lowest BCUT2D eigenvalue weighted by Crippen LogP contribution is -2.33. The van der Waals surface area contributed by atoms with Crippen molar-refractivity contribution in [2.75, 3.05) is 12.3 Å². The van der Waals surface area contributed by atoms with Gasteiger partial charge in [0.25, 0.3) is 0 Å². The molecule has 0 radical (unpaired) electrons. The molecular weight excluding hydrogens is 375 g/mol. The molecule has 2 aromatic rings. The molecule has 5 nitrogen and oxygen atoms in total. The van der Waals surface area contributed by atoms with Crippen LogP contribution in [0.15, 0.2) is 65.3 Å². The summed E-state index contributed by atoms with van der Waals surface area (Å²) in [5.41, 5.74) is 1.01. The van der Waals surface area contributed by atoms with E-state index >= 15 is 0 Å². The lowest BCUT2D eigenvalue weighted by molar-refractivity contribution is -0.108. The Morgan fingerprint density at radius 2 is 2.15 bits per heavy atom. The molecule has 0 spiro atoms. The number of rotatable bonds is 5. The number of benzene rings is 1. The van der Waals surface area contributed by atoms with Gasteiger partial charge < -0.3 is 0 Å². The number of pyridine rings is 1. The van der Waals surface area contributed by atoms with Crippen LogP contribution < -0.4 is 0 Å². The van der Waals surface area contributed by atoms with Gasteiger partial charge in [-0.05, 0) is 35.6 Å². The average molecular weight is 392 g/mol. The van der Waals surface area contributed by atoms with Gasteiger partial charge in [0, 0.05) is 24.5 Å². The van der Waals surface area contributed by atoms with Crippen molar-refractivity contribution in [2.24, 2.45) is 0 Å². The van der Waals surface area contributed by atoms with E-state index in [-0.39, 0.29) is 16.6 Å². The second kappa shape index (κ2) is 7.69. The monoisotopic (exact) mass is 392 g/mol. The highest BCUT2D eigenvalue weighted by molar-refractivity contribution is 8.14. The molecule has 136 valence electrons. The van der Waals surface area contributed by atoms with E-state index in [2.05, 4.69) is 4.98 Å². The summed E-state index contributed by atoms with van der Waals surface area (Å²) >= 11 is 1.13. The highest BCUT2D eigenvalue weighted by Gasteiger charge is 2.40. The third-order valence-corrected chi connectivity index (χ3v) is 6.60. The van der Waals surface area contributed by atoms with E-state index in [1.807, 2.05) is 6.92 Å². The first kappa shape index (κ1) is 18.8. The molecule has 0 saturated carbocycles. The summed E-state index contributed by atoms with van der Waals surface area (Å²) in [6.07, 6.45) is 4.75. The first-order valence-electron chi connectivity index (χ1n) is 7.99. The van der Waals surface area contributed by atoms with Gasteiger partial charge in [0.1, 0.15) is 5.82 Å². The van der Waals surface area contributed by atoms with Gasteiger partial charge in [-0.3, -0.25) is 9.78 Å². The first-order chi connectivity index (χ1) is 12.4. The third kappa shape index (κ3) is 3.58. The van der Waals surface area contributed by atoms with Gasteiger partial charge in [-0.2, -0.15) is 4.31 Å². The molecule has 1 aromatic heterocycles. The van der Waals surface area contributed by atoms with E-state index in [9.17, 15) is 17.6 Å². The fraction of sp³-hybridized carbons (Fsp3) is 0.222. The van der Waals surface area contributed by atoms with E-state index in [1.165, 1.54) is 22.5 Å². The van der Waals surface area contributed by atoms with Crippen LogP contribution in [0.3, 0.4) is 0 Å². The number of sulfonamides is 1. The van der Waals surface area contributed by atoms with Gasteiger partial charge in [-0.25, -0.2) is 12.8 Å². The quantitative estimate of drug-likeness (QED) is 0.782. The number of halogens is 1. The van der Waals surface area contributed by atoms with Crippen molar-refractivity contribution in [3.05, 3.63) is 71.8 Å². The molecule has 0 aliphatic carbocycles. The van der Waals surface area contributed by atoms with E-state index in [0.717, 1.165) is 17.8 Å². The highest BCUT2D eigenvalue weighted by Crippen LogP contribution is 2.39. The number of aromatic nitrogens is 1. The number of hydrogen-bond acceptors (Lipinski definition) is 5. The molecule has 1 atom stereocenters. The van der Waals surface area contributed by atoms with Crippen LogP contribution in [0, 0.1) is 5.82 Å². The Kier molecular flexibility index (Phi) is 5.55. The molecule has 1 aliphatic heterocycles. The Bertz CT molecular complexity index is 946. The average Bonchev–Trinajstić information content (AvgIpc) is 3.09. The smallest absolute Gasteiger partial charge is 0.244 e. The van der Waals surface area contributed by atoms with E-state index in [0.29, 0.717) is 16.9 Å². The minimum atomic E-state index is -3.99. The molecule has 0 unspecified atom stereocenters. The fourth-order valence-corrected chi connectivity index (χ4v) is 5.04. The SMILES string of the molecule is CCSC(=O)C1=CCN(S(=O)(=O)c2cccc(F)c2)[C@H]1c1cccnc1. The summed E-state index contributed by atoms with van der Waals surface area (Å²) in [5, 5.41) is -0.168. The number of carbonyl (C=O) groups is 1. The summed E-state index contributed by atoms with van der Waals surface area (Å²) < 4.78 is 40.9. The van der Waals surface area contributed by atoms with Crippen molar-refractivity contribution in [3.8, 4) is 0 Å². The van der Waals surface area contributed by atoms with Crippen LogP contribution in [0.25, 0.3) is 0 Å². The fourth-order valence-electron chi connectivity index (χ4n) is 2.85. The minimum absolute atomic E-state index is 0.0454. The summed E-state index contributed by atoms with van der Waals surface area (Å²) in [7, 11) is -3.99. The van der Waals surface area contributed by atoms with Crippen molar-refractivity contribution >= 4 is 26.9 Å². The second-order valence-corrected chi connectivity index (χ2v) is 8.73. The summed E-state index contributed by atoms with van der Waals surface area (Å²) in [5.74, 6) is -0.0407. The van der Waals surface area contributed by atoms with Crippen LogP contribution in [-0.2, 0) is 14.8 Å². The normalized spacial score (nSPS) is 17.9. The molecule has 1 aromatic carbocycles. The maximum absolute atomic E-state index is 13.5. The Hall–Kier alpha value is -2.03. The summed E-state index contributed by atoms with van der Waals surface area (Å²) in [6.45, 7) is 1.90. The summed E-state index contributed by atoms with van der Waals surface area (Å²) in [4.78, 5) is 16.4. The molecule has 8 heteroatoms. The second-order valence-electron chi connectivity index (χ2n) is 5.60. The Balaban J connectivity index is 2.05. The molecular formula is C18H17FN2O3S2. The third-order valence-electron chi connectivity index (χ3n) is 3.99. The molecule has 0 bridgehead atoms. The molecule has 1 aliphatic rings. The minimum Gasteiger partial charge on any atom is -0.282 e. The number of carbonyl (C=O) groups excluding carboxylic acids is 1. The van der Waals surface area contributed by atoms with Crippen LogP contribution in [0.1, 0.15) is 18.5 Å². The van der Waals surface area contributed by atoms with Gasteiger partial charge in [-0.15, -0.1) is 0 Å². The zero-order chi connectivity index (χ0) is 18.7. The molecule has 0 saturated heterocycles. The first-order valence-corrected chi connectivity index (χ1v) is 10.4. The lowest BCUT2D eigenvalue weighted by atomic mass is 10.0. The van der Waals surface area contributed by atoms with Crippen LogP contribution in [0.4, 0.5) is 4.39 Å². The maximum Gasteiger partial charge on any atom is 0.244 e. The number of hydrogen-bond donors (Lipinski definition) is 0. The van der Waals surface area contributed by atoms with Crippen molar-refractivity contribution < 1.29 is 17.6 Å². The van der Waals surface area contributed by atoms with E-state index in [4.69, 9.17) is 0 Å². The van der Waals surface area contributed by atoms with Crippen molar-refractivity contribution in [3.63, 3.8) is 0 Å². The van der Waals surface area contributed by atoms with Crippen molar-refractivity contribution in [1.29, 1.82) is 0 Å². The zero-order valence-corrected chi connectivity index (χ0v) is 15.6. The number of thioether (sulfide) groups is 1. The molecule has 3 rings (SSSR count). The van der Waals surface area contributed by atoms with Gasteiger partial charge >= 0.3 is 0 Å². The lowest BCUT2D eigenvalue weighted by Gasteiger charge is -2.26. The van der Waals surface area contributed by atoms with Crippen molar-refractivity contribution in [1.82, 2.24) is 9.29 Å². The van der Waals surface area contributed by atoms with Gasteiger partial charge in [0.15, 0.2) is 0 Å². The largest absolute Gasteiger partial charge is 0.282 e. The topological polar surface area (TPSA) is 67.3 Å². The Morgan fingerprint density at radius 3 is 2.81 bits per heavy atom. The van der Waals surface area contributed by atoms with Gasteiger partial charge in [0.2, 0.25) is 15.1 Å². The molecule has 0 amide bonds. The van der Waals surface area contributed by atoms with Crippen LogP contribution in [0.2, 0.25) is 0 Å². The zero-order valence-electron chi connectivity index (χ0n) is 14.0. The van der Waals surface area contributed by atoms with Crippen LogP contribution in [0.5, 0.6) is 0 Å². The predicted octanol–water partition coefficient (Wildman–Crippen LogP) is 3.17. The van der Waals surface area contributed by atoms with Gasteiger partial charge in [0.05, 0.1) is 10.9 Å². The molecule has 2 heterocycles. The van der Waals surface area contributed by atoms with E-state index in [1.54, 1.807) is 30.6 Å².